The third-order valence-corrected chi connectivity index (χ3v) is 15.8. The quantitative estimate of drug-likeness (QED) is 0.175. The molecule has 3 aliphatic heterocycles. The summed E-state index contributed by atoms with van der Waals surface area (Å²) in [5.74, 6) is 3.56. The number of phenolic OH excluding ortho intramolecular Hbond substituents is 1. The first-order valence-electron chi connectivity index (χ1n) is 22.4. The van der Waals surface area contributed by atoms with E-state index >= 15 is 0 Å². The number of aryl methyl sites for hydroxylation is 1. The number of carbonyl (C=O) groups excluding carboxylic acids is 2. The molecule has 6 heterocycles. The largest absolute Gasteiger partial charge is 0.507 e. The van der Waals surface area contributed by atoms with E-state index in [1.54, 1.807) is 28.3 Å². The zero-order valence-electron chi connectivity index (χ0n) is 34.7. The van der Waals surface area contributed by atoms with Crippen molar-refractivity contribution in [3.8, 4) is 17.0 Å². The highest BCUT2D eigenvalue weighted by molar-refractivity contribution is 6.00. The predicted molar refractivity (Wildman–Crippen MR) is 231 cm³/mol. The molecule has 5 aromatic rings. The van der Waals surface area contributed by atoms with E-state index in [1.165, 1.54) is 17.5 Å². The number of hydrogen-bond acceptors (Lipinski definition) is 11. The van der Waals surface area contributed by atoms with E-state index in [1.807, 2.05) is 24.3 Å². The summed E-state index contributed by atoms with van der Waals surface area (Å²) in [4.78, 5) is 53.1. The standard InChI is InChI=1S/C47H54N10O4/c1-54-39-19-30(8-11-37(39)57(46(54)61)38-12-13-42(59)51-44(38)60)28-6-9-33(10-7-28)55-16-14-29(15-17-55)32-23-49-45(50-24-32)47-21-27-18-35(47)31(22-47)26-56(25-27)40-20-36(52-53-43(40)48)34-4-2-3-5-41(34)58/h2-5,8,11,19-20,23-24,27-29,31,33,35,38,58H,6-7,9-10,12-18,21-22,25-26H2,1H3,(H2,48,53)(H,51,59,60). The maximum absolute atomic E-state index is 13.3. The topological polar surface area (TPSA) is 177 Å². The normalized spacial score (nSPS) is 29.4. The van der Waals surface area contributed by atoms with Gasteiger partial charge in [-0.15, -0.1) is 10.2 Å². The van der Waals surface area contributed by atoms with Gasteiger partial charge in [0.25, 0.3) is 0 Å². The molecule has 2 aromatic carbocycles. The lowest BCUT2D eigenvalue weighted by atomic mass is 9.54. The molecule has 2 bridgehead atoms. The SMILES string of the molecule is Cn1c(=O)n(C2CCC(=O)NC2=O)c2ccc(C3CCC(N4CCC(c5cnc(C67CC8CC6C(CN(c6cc(-c9ccccc9O)nnc6N)C8)C7)nc5)CC4)CC3)cc21. The average Bonchev–Trinajstić information content (AvgIpc) is 3.63. The number of phenols is 1. The van der Waals surface area contributed by atoms with E-state index in [2.05, 4.69) is 49.8 Å². The monoisotopic (exact) mass is 822 g/mol. The molecule has 5 unspecified atom stereocenters. The summed E-state index contributed by atoms with van der Waals surface area (Å²) in [6.07, 6.45) is 15.1. The van der Waals surface area contributed by atoms with Crippen LogP contribution in [0.1, 0.15) is 105 Å². The number of aromatic nitrogens is 6. The molecule has 3 aromatic heterocycles. The zero-order valence-corrected chi connectivity index (χ0v) is 34.7. The summed E-state index contributed by atoms with van der Waals surface area (Å²) in [5, 5.41) is 21.5. The van der Waals surface area contributed by atoms with Gasteiger partial charge in [0.15, 0.2) is 5.82 Å². The molecule has 0 radical (unpaired) electrons. The molecule has 11 rings (SSSR count). The number of anilines is 2. The Morgan fingerprint density at radius 1 is 0.836 bits per heavy atom. The summed E-state index contributed by atoms with van der Waals surface area (Å²) < 4.78 is 3.21. The number of nitrogen functional groups attached to an aromatic ring is 1. The summed E-state index contributed by atoms with van der Waals surface area (Å²) >= 11 is 0. The van der Waals surface area contributed by atoms with Gasteiger partial charge in [-0.1, -0.05) is 18.2 Å². The molecule has 2 amide bonds. The Kier molecular flexibility index (Phi) is 9.28. The highest BCUT2D eigenvalue weighted by Crippen LogP contribution is 2.64. The number of amides is 2. The number of imidazole rings is 1. The molecule has 14 heteroatoms. The summed E-state index contributed by atoms with van der Waals surface area (Å²) in [5.41, 5.74) is 12.6. The molecular weight excluding hydrogens is 769 g/mol. The first-order chi connectivity index (χ1) is 29.6. The maximum atomic E-state index is 13.3. The molecule has 5 atom stereocenters. The van der Waals surface area contributed by atoms with Crippen molar-refractivity contribution in [3.63, 3.8) is 0 Å². The first-order valence-corrected chi connectivity index (χ1v) is 22.4. The van der Waals surface area contributed by atoms with Crippen molar-refractivity contribution in [2.45, 2.75) is 100.0 Å². The van der Waals surface area contributed by atoms with E-state index < -0.39 is 11.9 Å². The van der Waals surface area contributed by atoms with Crippen LogP contribution in [0.3, 0.4) is 0 Å². The minimum absolute atomic E-state index is 0.0778. The van der Waals surface area contributed by atoms with Gasteiger partial charge in [0.1, 0.15) is 17.6 Å². The van der Waals surface area contributed by atoms with Gasteiger partial charge in [-0.25, -0.2) is 14.8 Å². The number of aromatic hydroxyl groups is 1. The molecule has 6 fully saturated rings. The number of hydrogen-bond donors (Lipinski definition) is 3. The summed E-state index contributed by atoms with van der Waals surface area (Å²) in [6.45, 7) is 4.05. The van der Waals surface area contributed by atoms with Gasteiger partial charge in [0.2, 0.25) is 11.8 Å². The number of imide groups is 1. The lowest BCUT2D eigenvalue weighted by molar-refractivity contribution is -0.135. The van der Waals surface area contributed by atoms with Gasteiger partial charge < -0.3 is 20.6 Å². The number of piperidine rings is 2. The van der Waals surface area contributed by atoms with Crippen LogP contribution in [0.25, 0.3) is 22.3 Å². The average molecular weight is 823 g/mol. The van der Waals surface area contributed by atoms with Crippen LogP contribution in [0.2, 0.25) is 0 Å². The lowest BCUT2D eigenvalue weighted by Gasteiger charge is -2.52. The fourth-order valence-corrected chi connectivity index (χ4v) is 12.7. The van der Waals surface area contributed by atoms with Crippen LogP contribution in [0.4, 0.5) is 11.5 Å². The van der Waals surface area contributed by atoms with Gasteiger partial charge in [0, 0.05) is 56.0 Å². The van der Waals surface area contributed by atoms with E-state index in [-0.39, 0.29) is 29.2 Å². The van der Waals surface area contributed by atoms with Crippen LogP contribution in [-0.2, 0) is 22.1 Å². The van der Waals surface area contributed by atoms with Crippen molar-refractivity contribution in [1.82, 2.24) is 39.5 Å². The smallest absolute Gasteiger partial charge is 0.329 e. The Bertz CT molecular complexity index is 2590. The van der Waals surface area contributed by atoms with Gasteiger partial charge in [-0.3, -0.25) is 24.0 Å². The summed E-state index contributed by atoms with van der Waals surface area (Å²) in [7, 11) is 1.77. The Balaban J connectivity index is 0.692. The van der Waals surface area contributed by atoms with E-state index in [0.29, 0.717) is 59.1 Å². The molecule has 14 nitrogen and oxygen atoms in total. The van der Waals surface area contributed by atoms with Crippen molar-refractivity contribution in [2.75, 3.05) is 36.8 Å². The number of nitrogens with one attached hydrogen (secondary N) is 1. The number of nitrogens with two attached hydrogens (primary N) is 1. The molecule has 316 valence electrons. The van der Waals surface area contributed by atoms with E-state index in [4.69, 9.17) is 15.7 Å². The second-order valence-electron chi connectivity index (χ2n) is 19.0. The second-order valence-corrected chi connectivity index (χ2v) is 19.0. The highest BCUT2D eigenvalue weighted by Gasteiger charge is 2.63. The van der Waals surface area contributed by atoms with Gasteiger partial charge in [-0.2, -0.15) is 0 Å². The third-order valence-electron chi connectivity index (χ3n) is 15.8. The van der Waals surface area contributed by atoms with Crippen molar-refractivity contribution in [3.05, 3.63) is 88.4 Å². The number of para-hydroxylation sites is 1. The maximum Gasteiger partial charge on any atom is 0.329 e. The van der Waals surface area contributed by atoms with Crippen LogP contribution < -0.4 is 21.6 Å². The number of nitrogens with zero attached hydrogens (tertiary/aromatic N) is 8. The summed E-state index contributed by atoms with van der Waals surface area (Å²) in [6, 6.07) is 15.4. The number of benzene rings is 2. The van der Waals surface area contributed by atoms with Gasteiger partial charge in [0.05, 0.1) is 22.4 Å². The van der Waals surface area contributed by atoms with Crippen molar-refractivity contribution in [2.24, 2.45) is 24.8 Å². The van der Waals surface area contributed by atoms with E-state index in [9.17, 15) is 19.5 Å². The van der Waals surface area contributed by atoms with Crippen molar-refractivity contribution >= 4 is 34.4 Å². The zero-order chi connectivity index (χ0) is 41.6. The van der Waals surface area contributed by atoms with Crippen molar-refractivity contribution < 1.29 is 14.7 Å². The first kappa shape index (κ1) is 38.3. The molecular formula is C47H54N10O4. The van der Waals surface area contributed by atoms with Gasteiger partial charge >= 0.3 is 5.69 Å². The van der Waals surface area contributed by atoms with Crippen LogP contribution in [0.15, 0.2) is 65.7 Å². The Hall–Kier alpha value is -5.63. The molecule has 4 N–H and O–H groups in total. The van der Waals surface area contributed by atoms with Crippen LogP contribution >= 0.6 is 0 Å². The fraction of sp³-hybridized carbons (Fsp3) is 0.511. The fourth-order valence-electron chi connectivity index (χ4n) is 12.7. The Morgan fingerprint density at radius 3 is 2.38 bits per heavy atom. The Morgan fingerprint density at radius 2 is 1.61 bits per heavy atom. The lowest BCUT2D eigenvalue weighted by Crippen LogP contribution is -2.54. The molecule has 61 heavy (non-hydrogen) atoms. The molecule has 3 saturated carbocycles. The minimum atomic E-state index is -0.668. The number of fused-ring (bicyclic) bond motifs is 2. The molecule has 3 aliphatic carbocycles. The van der Waals surface area contributed by atoms with Crippen molar-refractivity contribution in [1.29, 1.82) is 0 Å². The third kappa shape index (κ3) is 6.42. The Labute approximate surface area is 354 Å². The number of likely N-dealkylation sites (tertiary alicyclic amines) is 1. The molecule has 0 spiro atoms. The second kappa shape index (κ2) is 14.8. The predicted octanol–water partition coefficient (Wildman–Crippen LogP) is 5.56. The number of rotatable bonds is 7. The molecule has 6 aliphatic rings. The number of carbonyl (C=O) groups is 2. The van der Waals surface area contributed by atoms with E-state index in [0.717, 1.165) is 100 Å². The molecule has 3 saturated heterocycles. The van der Waals surface area contributed by atoms with Crippen LogP contribution in [-0.4, -0.2) is 83.3 Å². The van der Waals surface area contributed by atoms with Crippen LogP contribution in [0, 0.1) is 17.8 Å². The van der Waals surface area contributed by atoms with Gasteiger partial charge in [-0.05, 0) is 148 Å². The highest BCUT2D eigenvalue weighted by atomic mass is 16.3. The minimum Gasteiger partial charge on any atom is -0.507 e. The van der Waals surface area contributed by atoms with Crippen LogP contribution in [0.5, 0.6) is 5.75 Å².